The molecule has 2 rings (SSSR count). The smallest absolute Gasteiger partial charge is 0.416 e. The van der Waals surface area contributed by atoms with Crippen LogP contribution in [-0.2, 0) is 22.3 Å². The topological polar surface area (TPSA) is 90.6 Å². The summed E-state index contributed by atoms with van der Waals surface area (Å²) in [6.07, 6.45) is -5.74. The number of anilines is 1. The summed E-state index contributed by atoms with van der Waals surface area (Å²) in [5, 5.41) is 2.60. The van der Waals surface area contributed by atoms with E-state index in [4.69, 9.17) is 15.2 Å². The molecule has 0 saturated carbocycles. The number of halogens is 3. The lowest BCUT2D eigenvalue weighted by Crippen LogP contribution is -2.35. The van der Waals surface area contributed by atoms with Crippen LogP contribution in [0.5, 0.6) is 5.75 Å². The molecule has 0 spiro atoms. The van der Waals surface area contributed by atoms with Gasteiger partial charge in [0.15, 0.2) is 6.10 Å². The molecule has 3 N–H and O–H groups in total. The van der Waals surface area contributed by atoms with E-state index in [1.807, 2.05) is 0 Å². The molecule has 0 aliphatic heterocycles. The molecule has 28 heavy (non-hydrogen) atoms. The molecular formula is C19H19F3N2O4. The maximum Gasteiger partial charge on any atom is 0.416 e. The SMILES string of the molecule is COc1ccc(CNC(=O)[C@H](C)OC(=O)c2ccc(C(F)(F)F)cc2N)cc1. The van der Waals surface area contributed by atoms with E-state index in [0.717, 1.165) is 17.7 Å². The largest absolute Gasteiger partial charge is 0.497 e. The van der Waals surface area contributed by atoms with Gasteiger partial charge in [0, 0.05) is 12.2 Å². The van der Waals surface area contributed by atoms with Crippen molar-refractivity contribution in [2.45, 2.75) is 25.7 Å². The molecular weight excluding hydrogens is 377 g/mol. The van der Waals surface area contributed by atoms with Gasteiger partial charge in [-0.15, -0.1) is 0 Å². The second-order valence-corrected chi connectivity index (χ2v) is 5.91. The summed E-state index contributed by atoms with van der Waals surface area (Å²) in [6, 6.07) is 9.28. The average molecular weight is 396 g/mol. The van der Waals surface area contributed by atoms with Crippen LogP contribution in [0.1, 0.15) is 28.4 Å². The minimum Gasteiger partial charge on any atom is -0.497 e. The van der Waals surface area contributed by atoms with Crippen LogP contribution < -0.4 is 15.8 Å². The number of methoxy groups -OCH3 is 1. The number of alkyl halides is 3. The van der Waals surface area contributed by atoms with E-state index in [1.165, 1.54) is 14.0 Å². The fourth-order valence-electron chi connectivity index (χ4n) is 2.28. The van der Waals surface area contributed by atoms with Crippen LogP contribution >= 0.6 is 0 Å². The van der Waals surface area contributed by atoms with Crippen LogP contribution in [0, 0.1) is 0 Å². The van der Waals surface area contributed by atoms with Crippen molar-refractivity contribution in [2.75, 3.05) is 12.8 Å². The van der Waals surface area contributed by atoms with Gasteiger partial charge in [-0.3, -0.25) is 4.79 Å². The third-order valence-corrected chi connectivity index (χ3v) is 3.88. The summed E-state index contributed by atoms with van der Waals surface area (Å²) in [6.45, 7) is 1.55. The first-order chi connectivity index (χ1) is 13.1. The Morgan fingerprint density at radius 3 is 2.32 bits per heavy atom. The van der Waals surface area contributed by atoms with Crippen LogP contribution in [0.2, 0.25) is 0 Å². The van der Waals surface area contributed by atoms with E-state index < -0.39 is 29.7 Å². The Labute approximate surface area is 159 Å². The van der Waals surface area contributed by atoms with Gasteiger partial charge in [0.05, 0.1) is 18.2 Å². The second kappa shape index (κ2) is 8.64. The van der Waals surface area contributed by atoms with Gasteiger partial charge in [0.25, 0.3) is 5.91 Å². The molecule has 0 bridgehead atoms. The fraction of sp³-hybridized carbons (Fsp3) is 0.263. The van der Waals surface area contributed by atoms with Crippen molar-refractivity contribution >= 4 is 17.6 Å². The van der Waals surface area contributed by atoms with E-state index in [1.54, 1.807) is 24.3 Å². The molecule has 0 unspecified atom stereocenters. The molecule has 0 aliphatic carbocycles. The Bertz CT molecular complexity index is 851. The first-order valence-electron chi connectivity index (χ1n) is 8.20. The highest BCUT2D eigenvalue weighted by Gasteiger charge is 2.31. The van der Waals surface area contributed by atoms with E-state index >= 15 is 0 Å². The number of nitrogens with two attached hydrogens (primary N) is 1. The Morgan fingerprint density at radius 2 is 1.79 bits per heavy atom. The van der Waals surface area contributed by atoms with Crippen molar-refractivity contribution in [3.63, 3.8) is 0 Å². The molecule has 9 heteroatoms. The van der Waals surface area contributed by atoms with Gasteiger partial charge in [-0.1, -0.05) is 12.1 Å². The third-order valence-electron chi connectivity index (χ3n) is 3.88. The Hall–Kier alpha value is -3.23. The molecule has 1 amide bonds. The molecule has 0 saturated heterocycles. The third kappa shape index (κ3) is 5.38. The molecule has 2 aromatic rings. The number of benzene rings is 2. The number of hydrogen-bond acceptors (Lipinski definition) is 5. The number of hydrogen-bond donors (Lipinski definition) is 2. The number of esters is 1. The first-order valence-corrected chi connectivity index (χ1v) is 8.20. The summed E-state index contributed by atoms with van der Waals surface area (Å²) in [5.74, 6) is -0.875. The van der Waals surface area contributed by atoms with E-state index in [0.29, 0.717) is 11.8 Å². The quantitative estimate of drug-likeness (QED) is 0.578. The number of amides is 1. The zero-order chi connectivity index (χ0) is 20.9. The lowest BCUT2D eigenvalue weighted by Gasteiger charge is -2.15. The summed E-state index contributed by atoms with van der Waals surface area (Å²) in [4.78, 5) is 24.2. The zero-order valence-electron chi connectivity index (χ0n) is 15.2. The normalized spacial score (nSPS) is 12.2. The van der Waals surface area contributed by atoms with Crippen LogP contribution in [0.3, 0.4) is 0 Å². The number of ether oxygens (including phenoxy) is 2. The maximum absolute atomic E-state index is 12.7. The zero-order valence-corrected chi connectivity index (χ0v) is 15.2. The highest BCUT2D eigenvalue weighted by atomic mass is 19.4. The predicted molar refractivity (Wildman–Crippen MR) is 95.6 cm³/mol. The molecule has 0 aromatic heterocycles. The molecule has 2 aromatic carbocycles. The molecule has 1 atom stereocenters. The summed E-state index contributed by atoms with van der Waals surface area (Å²) < 4.78 is 48.0. The van der Waals surface area contributed by atoms with E-state index in [2.05, 4.69) is 5.32 Å². The monoisotopic (exact) mass is 396 g/mol. The van der Waals surface area contributed by atoms with Crippen molar-refractivity contribution in [1.29, 1.82) is 0 Å². The Balaban J connectivity index is 1.94. The van der Waals surface area contributed by atoms with E-state index in [9.17, 15) is 22.8 Å². The highest BCUT2D eigenvalue weighted by molar-refractivity contribution is 5.96. The maximum atomic E-state index is 12.7. The molecule has 0 heterocycles. The van der Waals surface area contributed by atoms with Gasteiger partial charge in [0.2, 0.25) is 0 Å². The Kier molecular flexibility index (Phi) is 6.50. The fourth-order valence-corrected chi connectivity index (χ4v) is 2.28. The molecule has 0 aliphatic rings. The van der Waals surface area contributed by atoms with Crippen LogP contribution in [-0.4, -0.2) is 25.1 Å². The summed E-state index contributed by atoms with van der Waals surface area (Å²) >= 11 is 0. The molecule has 0 fully saturated rings. The molecule has 6 nitrogen and oxygen atoms in total. The van der Waals surface area contributed by atoms with Crippen LogP contribution in [0.25, 0.3) is 0 Å². The highest BCUT2D eigenvalue weighted by Crippen LogP contribution is 2.31. The summed E-state index contributed by atoms with van der Waals surface area (Å²) in [7, 11) is 1.54. The summed E-state index contributed by atoms with van der Waals surface area (Å²) in [5.41, 5.74) is 4.71. The van der Waals surface area contributed by atoms with Crippen molar-refractivity contribution in [2.24, 2.45) is 0 Å². The average Bonchev–Trinajstić information content (AvgIpc) is 2.65. The standard InChI is InChI=1S/C19H19F3N2O4/c1-11(17(25)24-10-12-3-6-14(27-2)7-4-12)28-18(26)15-8-5-13(9-16(15)23)19(20,21)22/h3-9,11H,10,23H2,1-2H3,(H,24,25)/t11-/m0/s1. The van der Waals surface area contributed by atoms with Crippen molar-refractivity contribution in [3.05, 3.63) is 59.2 Å². The van der Waals surface area contributed by atoms with Gasteiger partial charge >= 0.3 is 12.1 Å². The lowest BCUT2D eigenvalue weighted by atomic mass is 10.1. The van der Waals surface area contributed by atoms with Crippen molar-refractivity contribution in [1.82, 2.24) is 5.32 Å². The van der Waals surface area contributed by atoms with Gasteiger partial charge in [-0.2, -0.15) is 13.2 Å². The lowest BCUT2D eigenvalue weighted by molar-refractivity contribution is -0.137. The van der Waals surface area contributed by atoms with Gasteiger partial charge in [-0.25, -0.2) is 4.79 Å². The van der Waals surface area contributed by atoms with Gasteiger partial charge in [0.1, 0.15) is 5.75 Å². The van der Waals surface area contributed by atoms with E-state index in [-0.39, 0.29) is 17.8 Å². The van der Waals surface area contributed by atoms with Crippen molar-refractivity contribution in [3.8, 4) is 5.75 Å². The molecule has 150 valence electrons. The Morgan fingerprint density at radius 1 is 1.14 bits per heavy atom. The molecule has 0 radical (unpaired) electrons. The number of nitrogens with one attached hydrogen (secondary N) is 1. The number of nitrogen functional groups attached to an aromatic ring is 1. The predicted octanol–water partition coefficient (Wildman–Crippen LogP) is 3.16. The number of carbonyl (C=O) groups is 2. The van der Waals surface area contributed by atoms with Crippen LogP contribution in [0.4, 0.5) is 18.9 Å². The van der Waals surface area contributed by atoms with Crippen molar-refractivity contribution < 1.29 is 32.2 Å². The minimum atomic E-state index is -4.58. The van der Waals surface area contributed by atoms with Crippen LogP contribution in [0.15, 0.2) is 42.5 Å². The minimum absolute atomic E-state index is 0.202. The first kappa shape index (κ1) is 21.1. The van der Waals surface area contributed by atoms with Gasteiger partial charge in [-0.05, 0) is 42.8 Å². The second-order valence-electron chi connectivity index (χ2n) is 5.91. The number of carbonyl (C=O) groups excluding carboxylic acids is 2. The number of rotatable bonds is 6. The van der Waals surface area contributed by atoms with Gasteiger partial charge < -0.3 is 20.5 Å².